The van der Waals surface area contributed by atoms with Crippen molar-refractivity contribution in [2.75, 3.05) is 0 Å². The van der Waals surface area contributed by atoms with Crippen LogP contribution in [-0.4, -0.2) is 18.0 Å². The lowest BCUT2D eigenvalue weighted by molar-refractivity contribution is -0.239. The van der Waals surface area contributed by atoms with Crippen LogP contribution in [0.15, 0.2) is 0 Å². The van der Waals surface area contributed by atoms with Crippen LogP contribution < -0.4 is 0 Å². The minimum absolute atomic E-state index is 0.609. The molecule has 0 aromatic heterocycles. The van der Waals surface area contributed by atoms with Gasteiger partial charge in [-0.3, -0.25) is 0 Å². The summed E-state index contributed by atoms with van der Waals surface area (Å²) < 4.78 is 62.1. The molecule has 0 nitrogen and oxygen atoms in total. The van der Waals surface area contributed by atoms with E-state index in [2.05, 4.69) is 0 Å². The van der Waals surface area contributed by atoms with E-state index in [1.54, 1.807) is 0 Å². The molecule has 0 saturated heterocycles. The van der Waals surface area contributed by atoms with Crippen molar-refractivity contribution < 1.29 is 22.0 Å². The Labute approximate surface area is 67.8 Å². The smallest absolute Gasteiger partial charge is 0.241 e. The molecule has 1 atom stereocenters. The maximum atomic E-state index is 12.5. The van der Waals surface area contributed by atoms with Crippen LogP contribution in [0.3, 0.4) is 0 Å². The Morgan fingerprint density at radius 2 is 1.50 bits per heavy atom. The van der Waals surface area contributed by atoms with Crippen LogP contribution in [0.5, 0.6) is 0 Å². The monoisotopic (exact) mass is 190 g/mol. The Balaban J connectivity index is 4.58. The van der Waals surface area contributed by atoms with E-state index in [-0.39, 0.29) is 0 Å². The lowest BCUT2D eigenvalue weighted by Crippen LogP contribution is -2.47. The fourth-order valence-corrected chi connectivity index (χ4v) is 0.721. The first-order chi connectivity index (χ1) is 5.29. The van der Waals surface area contributed by atoms with Gasteiger partial charge in [0.05, 0.1) is 0 Å². The highest BCUT2D eigenvalue weighted by atomic mass is 19.3. The maximum Gasteiger partial charge on any atom is 0.340 e. The molecule has 0 aliphatic heterocycles. The highest BCUT2D eigenvalue weighted by Crippen LogP contribution is 2.41. The Kier molecular flexibility index (Phi) is 3.47. The summed E-state index contributed by atoms with van der Waals surface area (Å²) in [4.78, 5) is 0. The van der Waals surface area contributed by atoms with Gasteiger partial charge in [0.25, 0.3) is 0 Å². The highest BCUT2D eigenvalue weighted by Gasteiger charge is 2.59. The predicted molar refractivity (Wildman–Crippen MR) is 35.4 cm³/mol. The summed E-state index contributed by atoms with van der Waals surface area (Å²) in [6.07, 6.45) is -4.43. The van der Waals surface area contributed by atoms with Crippen LogP contribution in [0.25, 0.3) is 0 Å². The van der Waals surface area contributed by atoms with Crippen molar-refractivity contribution in [1.82, 2.24) is 0 Å². The average Bonchev–Trinajstić information content (AvgIpc) is 2.02. The van der Waals surface area contributed by atoms with Gasteiger partial charge in [0.1, 0.15) is 0 Å². The summed E-state index contributed by atoms with van der Waals surface area (Å²) in [6, 6.07) is 0. The summed E-state index contributed by atoms with van der Waals surface area (Å²) in [7, 11) is 0. The van der Waals surface area contributed by atoms with E-state index in [4.69, 9.17) is 0 Å². The highest BCUT2D eigenvalue weighted by molar-refractivity contribution is 4.89. The van der Waals surface area contributed by atoms with Gasteiger partial charge < -0.3 is 0 Å². The molecule has 0 aromatic rings. The Morgan fingerprint density at radius 1 is 1.08 bits per heavy atom. The van der Waals surface area contributed by atoms with Crippen molar-refractivity contribution >= 4 is 0 Å². The Bertz CT molecular complexity index is 143. The fourth-order valence-electron chi connectivity index (χ4n) is 0.721. The average molecular weight is 190 g/mol. The molecule has 0 aliphatic rings. The molecule has 0 heterocycles. The first kappa shape index (κ1) is 11.6. The van der Waals surface area contributed by atoms with E-state index in [0.717, 1.165) is 13.8 Å². The fraction of sp³-hybridized carbons (Fsp3) is 1.00. The van der Waals surface area contributed by atoms with Gasteiger partial charge in [0.15, 0.2) is 6.17 Å². The van der Waals surface area contributed by atoms with Crippen LogP contribution in [0.1, 0.15) is 26.7 Å². The second-order valence-electron chi connectivity index (χ2n) is 2.56. The maximum absolute atomic E-state index is 12.5. The summed E-state index contributed by atoms with van der Waals surface area (Å²) >= 11 is 0. The van der Waals surface area contributed by atoms with Crippen molar-refractivity contribution in [2.45, 2.75) is 44.7 Å². The van der Waals surface area contributed by atoms with E-state index < -0.39 is 30.9 Å². The summed E-state index contributed by atoms with van der Waals surface area (Å²) in [5.41, 5.74) is 0. The third-order valence-corrected chi connectivity index (χ3v) is 1.68. The van der Waals surface area contributed by atoms with Crippen LogP contribution in [-0.2, 0) is 0 Å². The van der Waals surface area contributed by atoms with Crippen molar-refractivity contribution in [1.29, 1.82) is 0 Å². The Morgan fingerprint density at radius 3 is 1.75 bits per heavy atom. The molecule has 0 spiro atoms. The molecule has 0 N–H and O–H groups in total. The quantitative estimate of drug-likeness (QED) is 0.596. The molecule has 0 amide bonds. The number of alkyl halides is 5. The molecule has 74 valence electrons. The number of halogens is 5. The summed E-state index contributed by atoms with van der Waals surface area (Å²) in [5, 5.41) is 0. The topological polar surface area (TPSA) is 0 Å². The molecule has 0 aliphatic carbocycles. The lowest BCUT2D eigenvalue weighted by Gasteiger charge is -2.27. The molecule has 0 saturated carbocycles. The molecule has 0 aromatic carbocycles. The third-order valence-electron chi connectivity index (χ3n) is 1.68. The first-order valence-corrected chi connectivity index (χ1v) is 3.69. The molecule has 12 heavy (non-hydrogen) atoms. The molecule has 0 radical (unpaired) electrons. The number of rotatable bonds is 4. The van der Waals surface area contributed by atoms with Crippen LogP contribution in [0, 0.1) is 0 Å². The molecule has 0 unspecified atom stereocenters. The van der Waals surface area contributed by atoms with Crippen molar-refractivity contribution in [3.63, 3.8) is 0 Å². The van der Waals surface area contributed by atoms with E-state index in [1.165, 1.54) is 0 Å². The second-order valence-corrected chi connectivity index (χ2v) is 2.56. The minimum atomic E-state index is -4.55. The molecule has 5 heteroatoms. The van der Waals surface area contributed by atoms with Crippen LogP contribution in [0.2, 0.25) is 0 Å². The van der Waals surface area contributed by atoms with Gasteiger partial charge in [0, 0.05) is 6.42 Å². The van der Waals surface area contributed by atoms with Crippen LogP contribution >= 0.6 is 0 Å². The van der Waals surface area contributed by atoms with Gasteiger partial charge in [0.2, 0.25) is 0 Å². The zero-order valence-corrected chi connectivity index (χ0v) is 6.88. The van der Waals surface area contributed by atoms with E-state index in [0.29, 0.717) is 0 Å². The molecule has 0 rings (SSSR count). The van der Waals surface area contributed by atoms with Gasteiger partial charge in [-0.05, 0) is 6.42 Å². The summed E-state index contributed by atoms with van der Waals surface area (Å²) in [5.74, 6) is -8.79. The minimum Gasteiger partial charge on any atom is -0.241 e. The lowest BCUT2D eigenvalue weighted by atomic mass is 10.0. The largest absolute Gasteiger partial charge is 0.340 e. The molecule has 0 bridgehead atoms. The third kappa shape index (κ3) is 1.87. The molecular formula is C7H11F5. The first-order valence-electron chi connectivity index (χ1n) is 3.69. The number of hydrogen-bond acceptors (Lipinski definition) is 0. The van der Waals surface area contributed by atoms with Gasteiger partial charge in [-0.15, -0.1) is 0 Å². The molecular weight excluding hydrogens is 179 g/mol. The standard InChI is InChI=1S/C7H11F5/c1-3-5(8)7(11,12)6(9,10)4-2/h5H,3-4H2,1-2H3/t5-/m0/s1. The van der Waals surface area contributed by atoms with Crippen LogP contribution in [0.4, 0.5) is 22.0 Å². The number of hydrogen-bond donors (Lipinski definition) is 0. The predicted octanol–water partition coefficient (Wildman–Crippen LogP) is 3.42. The zero-order chi connectivity index (χ0) is 9.99. The molecule has 0 fully saturated rings. The second kappa shape index (κ2) is 3.58. The van der Waals surface area contributed by atoms with E-state index in [1.807, 2.05) is 0 Å². The Hall–Kier alpha value is -0.350. The van der Waals surface area contributed by atoms with Crippen molar-refractivity contribution in [2.24, 2.45) is 0 Å². The SMILES string of the molecule is CC[C@H](F)C(F)(F)C(F)(F)CC. The summed E-state index contributed by atoms with van der Waals surface area (Å²) in [6.45, 7) is 2.00. The zero-order valence-electron chi connectivity index (χ0n) is 6.88. The van der Waals surface area contributed by atoms with Gasteiger partial charge in [-0.1, -0.05) is 13.8 Å². The normalized spacial score (nSPS) is 16.2. The van der Waals surface area contributed by atoms with Gasteiger partial charge in [-0.25, -0.2) is 4.39 Å². The van der Waals surface area contributed by atoms with Gasteiger partial charge in [-0.2, -0.15) is 17.6 Å². The van der Waals surface area contributed by atoms with E-state index >= 15 is 0 Å². The van der Waals surface area contributed by atoms with Gasteiger partial charge >= 0.3 is 11.8 Å². The van der Waals surface area contributed by atoms with Crippen molar-refractivity contribution in [3.8, 4) is 0 Å². The van der Waals surface area contributed by atoms with Crippen molar-refractivity contribution in [3.05, 3.63) is 0 Å². The van der Waals surface area contributed by atoms with E-state index in [9.17, 15) is 22.0 Å².